The van der Waals surface area contributed by atoms with Gasteiger partial charge in [-0.05, 0) is 25.7 Å². The Morgan fingerprint density at radius 3 is 1.73 bits per heavy atom. The van der Waals surface area contributed by atoms with Crippen LogP contribution in [0.25, 0.3) is 0 Å². The van der Waals surface area contributed by atoms with Crippen LogP contribution < -0.4 is 0 Å². The lowest BCUT2D eigenvalue weighted by atomic mass is 10.0. The number of carboxylic acid groups (broad SMARTS) is 1. The third-order valence-corrected chi connectivity index (χ3v) is 7.93. The standard InChI is InChI=1S/C36H67NO7/c1-6-8-10-12-14-15-16-17-18-19-21-22-24-26-34(38)43-31-32(30-42-29-28-33(36(40)41)37(3,4)5)44-35(39)27-25-23-20-13-11-9-7-2/h20,23,32-33H,6-19,21-22,24-31H2,1-5H3/p+1/b23-20+. The average Bonchev–Trinajstić information content (AvgIpc) is 2.96. The maximum atomic E-state index is 12.5. The molecule has 0 amide bonds. The number of likely N-dealkylation sites (N-methyl/N-ethyl adjacent to an activating group) is 1. The van der Waals surface area contributed by atoms with Gasteiger partial charge in [0.25, 0.3) is 0 Å². The number of aliphatic carboxylic acids is 1. The molecule has 0 aromatic rings. The molecule has 0 rings (SSSR count). The van der Waals surface area contributed by atoms with Gasteiger partial charge in [0.2, 0.25) is 0 Å². The summed E-state index contributed by atoms with van der Waals surface area (Å²) < 4.78 is 17.0. The van der Waals surface area contributed by atoms with E-state index in [1.54, 1.807) is 0 Å². The monoisotopic (exact) mass is 626 g/mol. The van der Waals surface area contributed by atoms with Gasteiger partial charge in [-0.2, -0.15) is 0 Å². The minimum atomic E-state index is -0.881. The Morgan fingerprint density at radius 2 is 1.18 bits per heavy atom. The van der Waals surface area contributed by atoms with E-state index in [0.717, 1.165) is 32.1 Å². The summed E-state index contributed by atoms with van der Waals surface area (Å²) in [6, 6.07) is -0.613. The highest BCUT2D eigenvalue weighted by atomic mass is 16.6. The van der Waals surface area contributed by atoms with Crippen molar-refractivity contribution < 1.29 is 38.2 Å². The molecule has 0 spiro atoms. The van der Waals surface area contributed by atoms with Gasteiger partial charge in [-0.15, -0.1) is 0 Å². The molecule has 0 fully saturated rings. The lowest BCUT2D eigenvalue weighted by Gasteiger charge is -2.31. The van der Waals surface area contributed by atoms with Gasteiger partial charge in [0.15, 0.2) is 12.1 Å². The summed E-state index contributed by atoms with van der Waals surface area (Å²) in [5.74, 6) is -1.53. The molecule has 44 heavy (non-hydrogen) atoms. The van der Waals surface area contributed by atoms with E-state index in [4.69, 9.17) is 14.2 Å². The third-order valence-electron chi connectivity index (χ3n) is 7.93. The number of esters is 2. The molecule has 0 aliphatic rings. The zero-order valence-corrected chi connectivity index (χ0v) is 29.1. The average molecular weight is 627 g/mol. The van der Waals surface area contributed by atoms with Crippen LogP contribution in [0.5, 0.6) is 0 Å². The van der Waals surface area contributed by atoms with Crippen LogP contribution in [-0.4, -0.2) is 80.6 Å². The molecule has 0 saturated heterocycles. The molecule has 0 heterocycles. The van der Waals surface area contributed by atoms with E-state index in [-0.39, 0.29) is 42.7 Å². The first kappa shape index (κ1) is 42.1. The number of ether oxygens (including phenoxy) is 3. The number of hydrogen-bond donors (Lipinski definition) is 1. The van der Waals surface area contributed by atoms with Crippen LogP contribution in [-0.2, 0) is 28.6 Å². The van der Waals surface area contributed by atoms with Gasteiger partial charge < -0.3 is 23.8 Å². The van der Waals surface area contributed by atoms with Crippen molar-refractivity contribution in [3.63, 3.8) is 0 Å². The molecule has 1 N–H and O–H groups in total. The van der Waals surface area contributed by atoms with Crippen molar-refractivity contribution in [1.82, 2.24) is 0 Å². The Kier molecular flexibility index (Phi) is 27.3. The van der Waals surface area contributed by atoms with Crippen molar-refractivity contribution in [1.29, 1.82) is 0 Å². The molecular weight excluding hydrogens is 558 g/mol. The summed E-state index contributed by atoms with van der Waals surface area (Å²) in [6.45, 7) is 4.61. The fourth-order valence-corrected chi connectivity index (χ4v) is 5.11. The Balaban J connectivity index is 4.40. The molecule has 0 bridgehead atoms. The number of carboxylic acids is 1. The first-order valence-corrected chi connectivity index (χ1v) is 17.7. The first-order valence-electron chi connectivity index (χ1n) is 17.7. The predicted octanol–water partition coefficient (Wildman–Crippen LogP) is 8.41. The van der Waals surface area contributed by atoms with E-state index in [2.05, 4.69) is 19.9 Å². The van der Waals surface area contributed by atoms with Gasteiger partial charge in [0.1, 0.15) is 6.61 Å². The molecule has 2 atom stereocenters. The fraction of sp³-hybridized carbons (Fsp3) is 0.861. The van der Waals surface area contributed by atoms with Crippen molar-refractivity contribution in [2.24, 2.45) is 0 Å². The molecule has 8 nitrogen and oxygen atoms in total. The van der Waals surface area contributed by atoms with Crippen LogP contribution in [0.15, 0.2) is 12.2 Å². The van der Waals surface area contributed by atoms with Gasteiger partial charge in [-0.25, -0.2) is 4.79 Å². The van der Waals surface area contributed by atoms with E-state index >= 15 is 0 Å². The maximum Gasteiger partial charge on any atom is 0.362 e. The van der Waals surface area contributed by atoms with Crippen LogP contribution in [0.3, 0.4) is 0 Å². The second kappa shape index (κ2) is 28.5. The van der Waals surface area contributed by atoms with Crippen LogP contribution in [0, 0.1) is 0 Å². The van der Waals surface area contributed by atoms with E-state index in [0.29, 0.717) is 19.3 Å². The largest absolute Gasteiger partial charge is 0.477 e. The molecule has 258 valence electrons. The highest BCUT2D eigenvalue weighted by Gasteiger charge is 2.31. The molecule has 0 saturated carbocycles. The lowest BCUT2D eigenvalue weighted by molar-refractivity contribution is -0.887. The number of unbranched alkanes of at least 4 members (excludes halogenated alkanes) is 15. The van der Waals surface area contributed by atoms with Crippen LogP contribution in [0.4, 0.5) is 0 Å². The summed E-state index contributed by atoms with van der Waals surface area (Å²) in [4.78, 5) is 36.5. The highest BCUT2D eigenvalue weighted by molar-refractivity contribution is 5.72. The van der Waals surface area contributed by atoms with Crippen LogP contribution >= 0.6 is 0 Å². The normalized spacial score (nSPS) is 13.2. The Morgan fingerprint density at radius 1 is 0.659 bits per heavy atom. The van der Waals surface area contributed by atoms with E-state index < -0.39 is 18.1 Å². The highest BCUT2D eigenvalue weighted by Crippen LogP contribution is 2.14. The van der Waals surface area contributed by atoms with Gasteiger partial charge in [0.05, 0.1) is 34.4 Å². The van der Waals surface area contributed by atoms with Gasteiger partial charge >= 0.3 is 17.9 Å². The zero-order valence-electron chi connectivity index (χ0n) is 29.1. The van der Waals surface area contributed by atoms with E-state index in [1.165, 1.54) is 77.0 Å². The van der Waals surface area contributed by atoms with Crippen molar-refractivity contribution in [3.05, 3.63) is 12.2 Å². The van der Waals surface area contributed by atoms with Crippen molar-refractivity contribution in [2.75, 3.05) is 41.0 Å². The maximum absolute atomic E-state index is 12.5. The molecule has 0 aliphatic heterocycles. The number of carbonyl (C=O) groups is 3. The summed E-state index contributed by atoms with van der Waals surface area (Å²) in [7, 11) is 5.50. The summed E-state index contributed by atoms with van der Waals surface area (Å²) in [6.07, 6.45) is 25.7. The molecule has 8 heteroatoms. The fourth-order valence-electron chi connectivity index (χ4n) is 5.11. The Bertz CT molecular complexity index is 747. The Labute approximate surface area is 269 Å². The molecular formula is C36H68NO7+. The summed E-state index contributed by atoms with van der Waals surface area (Å²) >= 11 is 0. The summed E-state index contributed by atoms with van der Waals surface area (Å²) in [5.41, 5.74) is 0. The van der Waals surface area contributed by atoms with E-state index in [1.807, 2.05) is 27.2 Å². The quantitative estimate of drug-likeness (QED) is 0.0357. The number of hydrogen-bond acceptors (Lipinski definition) is 6. The molecule has 2 unspecified atom stereocenters. The number of nitrogens with zero attached hydrogens (tertiary/aromatic N) is 1. The smallest absolute Gasteiger partial charge is 0.362 e. The van der Waals surface area contributed by atoms with Gasteiger partial charge in [0, 0.05) is 19.3 Å². The molecule has 0 aromatic heterocycles. The van der Waals surface area contributed by atoms with Gasteiger partial charge in [-0.3, -0.25) is 9.59 Å². The lowest BCUT2D eigenvalue weighted by Crippen LogP contribution is -2.50. The Hall–Kier alpha value is -1.93. The number of carbonyl (C=O) groups excluding carboxylic acids is 2. The van der Waals surface area contributed by atoms with Crippen LogP contribution in [0.1, 0.15) is 149 Å². The number of quaternary nitrogens is 1. The second-order valence-corrected chi connectivity index (χ2v) is 13.1. The van der Waals surface area contributed by atoms with Crippen molar-refractivity contribution in [3.8, 4) is 0 Å². The van der Waals surface area contributed by atoms with E-state index in [9.17, 15) is 19.5 Å². The predicted molar refractivity (Wildman–Crippen MR) is 179 cm³/mol. The molecule has 0 aliphatic carbocycles. The first-order chi connectivity index (χ1) is 21.1. The molecule has 0 aromatic carbocycles. The second-order valence-electron chi connectivity index (χ2n) is 13.1. The third kappa shape index (κ3) is 26.5. The number of allylic oxidation sites excluding steroid dienone is 2. The molecule has 0 radical (unpaired) electrons. The summed E-state index contributed by atoms with van der Waals surface area (Å²) in [5, 5.41) is 9.53. The van der Waals surface area contributed by atoms with Crippen molar-refractivity contribution >= 4 is 17.9 Å². The zero-order chi connectivity index (χ0) is 32.9. The van der Waals surface area contributed by atoms with Gasteiger partial charge in [-0.1, -0.05) is 116 Å². The topological polar surface area (TPSA) is 99.1 Å². The minimum Gasteiger partial charge on any atom is -0.477 e. The SMILES string of the molecule is CCCCC/C=C/CCC(=O)OC(COCCC(C(=O)O)[N+](C)(C)C)COC(=O)CCCCCCCCCCCCCCC. The van der Waals surface area contributed by atoms with Crippen molar-refractivity contribution in [2.45, 2.75) is 161 Å². The van der Waals surface area contributed by atoms with Crippen LogP contribution in [0.2, 0.25) is 0 Å². The number of rotatable bonds is 31. The minimum absolute atomic E-state index is 0.0497.